The first-order valence-electron chi connectivity index (χ1n) is 6.27. The molecule has 0 spiro atoms. The van der Waals surface area contributed by atoms with Crippen molar-refractivity contribution in [3.8, 4) is 0 Å². The second-order valence-electron chi connectivity index (χ2n) is 4.81. The molecular weight excluding hydrogens is 252 g/mol. The van der Waals surface area contributed by atoms with Crippen LogP contribution >= 0.6 is 0 Å². The molecule has 0 saturated carbocycles. The summed E-state index contributed by atoms with van der Waals surface area (Å²) in [5.41, 5.74) is 5.68. The van der Waals surface area contributed by atoms with Gasteiger partial charge < -0.3 is 11.1 Å². The number of likely N-dealkylation sites (tertiary alicyclic amines) is 1. The van der Waals surface area contributed by atoms with E-state index in [1.807, 2.05) is 4.90 Å². The second-order valence-corrected chi connectivity index (χ2v) is 4.81. The molecule has 1 amide bonds. The summed E-state index contributed by atoms with van der Waals surface area (Å²) in [7, 11) is 0. The number of benzene rings is 1. The van der Waals surface area contributed by atoms with Crippen molar-refractivity contribution in [3.63, 3.8) is 0 Å². The molecule has 6 heteroatoms. The number of anilines is 1. The number of carbonyl (C=O) groups excluding carboxylic acids is 1. The molecule has 1 aromatic rings. The smallest absolute Gasteiger partial charge is 0.238 e. The minimum Gasteiger partial charge on any atom is -0.327 e. The Morgan fingerprint density at radius 1 is 1.47 bits per heavy atom. The van der Waals surface area contributed by atoms with E-state index in [4.69, 9.17) is 5.73 Å². The molecule has 1 aromatic carbocycles. The standard InChI is InChI=1S/C13H17F2N3O/c14-9-3-4-11(15)12(6-9)17-13(19)8-18-5-1-2-10(16)7-18/h3-4,6,10H,1-2,5,7-8,16H2,(H,17,19). The average Bonchev–Trinajstić information content (AvgIpc) is 2.34. The van der Waals surface area contributed by atoms with Gasteiger partial charge in [0.15, 0.2) is 0 Å². The summed E-state index contributed by atoms with van der Waals surface area (Å²) >= 11 is 0. The van der Waals surface area contributed by atoms with Crippen LogP contribution in [0, 0.1) is 11.6 Å². The third-order valence-electron chi connectivity index (χ3n) is 3.11. The van der Waals surface area contributed by atoms with Gasteiger partial charge in [0.25, 0.3) is 0 Å². The van der Waals surface area contributed by atoms with Gasteiger partial charge >= 0.3 is 0 Å². The van der Waals surface area contributed by atoms with Gasteiger partial charge in [-0.25, -0.2) is 8.78 Å². The van der Waals surface area contributed by atoms with Gasteiger partial charge in [0.2, 0.25) is 5.91 Å². The van der Waals surface area contributed by atoms with E-state index in [2.05, 4.69) is 5.32 Å². The first kappa shape index (κ1) is 13.9. The van der Waals surface area contributed by atoms with Crippen molar-refractivity contribution in [2.45, 2.75) is 18.9 Å². The van der Waals surface area contributed by atoms with E-state index < -0.39 is 11.6 Å². The highest BCUT2D eigenvalue weighted by Gasteiger charge is 2.19. The molecule has 1 fully saturated rings. The lowest BCUT2D eigenvalue weighted by Crippen LogP contribution is -2.45. The maximum atomic E-state index is 13.4. The summed E-state index contributed by atoms with van der Waals surface area (Å²) in [6, 6.07) is 3.04. The van der Waals surface area contributed by atoms with Gasteiger partial charge in [-0.3, -0.25) is 9.69 Å². The predicted molar refractivity (Wildman–Crippen MR) is 68.6 cm³/mol. The normalized spacial score (nSPS) is 20.3. The van der Waals surface area contributed by atoms with Crippen molar-refractivity contribution in [3.05, 3.63) is 29.8 Å². The Hall–Kier alpha value is -1.53. The van der Waals surface area contributed by atoms with E-state index in [1.165, 1.54) is 0 Å². The molecule has 0 aromatic heterocycles. The topological polar surface area (TPSA) is 58.4 Å². The van der Waals surface area contributed by atoms with Gasteiger partial charge in [-0.05, 0) is 31.5 Å². The fraction of sp³-hybridized carbons (Fsp3) is 0.462. The van der Waals surface area contributed by atoms with Gasteiger partial charge in [0.05, 0.1) is 12.2 Å². The molecule has 19 heavy (non-hydrogen) atoms. The highest BCUT2D eigenvalue weighted by molar-refractivity contribution is 5.92. The third-order valence-corrected chi connectivity index (χ3v) is 3.11. The van der Waals surface area contributed by atoms with E-state index in [9.17, 15) is 13.6 Å². The molecule has 1 atom stereocenters. The first-order chi connectivity index (χ1) is 9.04. The van der Waals surface area contributed by atoms with Crippen LogP contribution in [0.3, 0.4) is 0 Å². The summed E-state index contributed by atoms with van der Waals surface area (Å²) < 4.78 is 26.3. The van der Waals surface area contributed by atoms with E-state index in [-0.39, 0.29) is 24.2 Å². The summed E-state index contributed by atoms with van der Waals surface area (Å²) in [4.78, 5) is 13.7. The van der Waals surface area contributed by atoms with Crippen molar-refractivity contribution in [2.75, 3.05) is 25.0 Å². The third kappa shape index (κ3) is 3.97. The summed E-state index contributed by atoms with van der Waals surface area (Å²) in [5.74, 6) is -1.60. The molecule has 1 heterocycles. The van der Waals surface area contributed by atoms with Crippen LogP contribution in [0.15, 0.2) is 18.2 Å². The molecular formula is C13H17F2N3O. The largest absolute Gasteiger partial charge is 0.327 e. The Morgan fingerprint density at radius 3 is 3.00 bits per heavy atom. The molecule has 104 valence electrons. The number of nitrogens with one attached hydrogen (secondary N) is 1. The molecule has 4 nitrogen and oxygen atoms in total. The van der Waals surface area contributed by atoms with Crippen LogP contribution in [-0.2, 0) is 4.79 Å². The summed E-state index contributed by atoms with van der Waals surface area (Å²) in [5, 5.41) is 2.38. The monoisotopic (exact) mass is 269 g/mol. The highest BCUT2D eigenvalue weighted by atomic mass is 19.1. The molecule has 1 aliphatic heterocycles. The van der Waals surface area contributed by atoms with E-state index in [0.717, 1.165) is 37.6 Å². The maximum absolute atomic E-state index is 13.4. The molecule has 1 unspecified atom stereocenters. The van der Waals surface area contributed by atoms with Crippen molar-refractivity contribution in [2.24, 2.45) is 5.73 Å². The SMILES string of the molecule is NC1CCCN(CC(=O)Nc2cc(F)ccc2F)C1. The van der Waals surface area contributed by atoms with Crippen molar-refractivity contribution in [1.82, 2.24) is 4.90 Å². The molecule has 0 bridgehead atoms. The zero-order chi connectivity index (χ0) is 13.8. The van der Waals surface area contributed by atoms with Gasteiger partial charge in [0, 0.05) is 18.7 Å². The van der Waals surface area contributed by atoms with Gasteiger partial charge in [-0.2, -0.15) is 0 Å². The number of carbonyl (C=O) groups is 1. The van der Waals surface area contributed by atoms with Crippen LogP contribution in [-0.4, -0.2) is 36.5 Å². The lowest BCUT2D eigenvalue weighted by molar-refractivity contribution is -0.117. The number of piperidine rings is 1. The maximum Gasteiger partial charge on any atom is 0.238 e. The Kier molecular flexibility index (Phi) is 4.44. The zero-order valence-electron chi connectivity index (χ0n) is 10.5. The van der Waals surface area contributed by atoms with Crippen molar-refractivity contribution < 1.29 is 13.6 Å². The van der Waals surface area contributed by atoms with Crippen LogP contribution in [0.5, 0.6) is 0 Å². The lowest BCUT2D eigenvalue weighted by atomic mass is 10.1. The number of halogens is 2. The molecule has 0 aliphatic carbocycles. The van der Waals surface area contributed by atoms with E-state index in [1.54, 1.807) is 0 Å². The minimum absolute atomic E-state index is 0.0763. The summed E-state index contributed by atoms with van der Waals surface area (Å²) in [6.45, 7) is 1.59. The lowest BCUT2D eigenvalue weighted by Gasteiger charge is -2.29. The number of nitrogens with two attached hydrogens (primary N) is 1. The van der Waals surface area contributed by atoms with Gasteiger partial charge in [0.1, 0.15) is 11.6 Å². The van der Waals surface area contributed by atoms with Gasteiger partial charge in [-0.15, -0.1) is 0 Å². The number of nitrogens with zero attached hydrogens (tertiary/aromatic N) is 1. The molecule has 1 aliphatic rings. The Bertz CT molecular complexity index is 467. The van der Waals surface area contributed by atoms with Gasteiger partial charge in [-0.1, -0.05) is 0 Å². The highest BCUT2D eigenvalue weighted by Crippen LogP contribution is 2.15. The fourth-order valence-corrected chi connectivity index (χ4v) is 2.22. The number of hydrogen-bond donors (Lipinski definition) is 2. The first-order valence-corrected chi connectivity index (χ1v) is 6.27. The van der Waals surface area contributed by atoms with Crippen molar-refractivity contribution in [1.29, 1.82) is 0 Å². The molecule has 3 N–H and O–H groups in total. The Labute approximate surface area is 110 Å². The van der Waals surface area contributed by atoms with Crippen LogP contribution in [0.25, 0.3) is 0 Å². The Morgan fingerprint density at radius 2 is 2.26 bits per heavy atom. The van der Waals surface area contributed by atoms with E-state index >= 15 is 0 Å². The van der Waals surface area contributed by atoms with Crippen LogP contribution in [0.1, 0.15) is 12.8 Å². The molecule has 2 rings (SSSR count). The predicted octanol–water partition coefficient (Wildman–Crippen LogP) is 1.33. The Balaban J connectivity index is 1.92. The van der Waals surface area contributed by atoms with Crippen LogP contribution < -0.4 is 11.1 Å². The molecule has 1 saturated heterocycles. The summed E-state index contributed by atoms with van der Waals surface area (Å²) in [6.07, 6.45) is 1.90. The molecule has 0 radical (unpaired) electrons. The van der Waals surface area contributed by atoms with Crippen LogP contribution in [0.2, 0.25) is 0 Å². The fourth-order valence-electron chi connectivity index (χ4n) is 2.22. The van der Waals surface area contributed by atoms with Crippen molar-refractivity contribution >= 4 is 11.6 Å². The van der Waals surface area contributed by atoms with E-state index in [0.29, 0.717) is 6.54 Å². The number of amides is 1. The minimum atomic E-state index is -0.648. The number of rotatable bonds is 3. The second kappa shape index (κ2) is 6.08. The number of hydrogen-bond acceptors (Lipinski definition) is 3. The zero-order valence-corrected chi connectivity index (χ0v) is 10.5. The quantitative estimate of drug-likeness (QED) is 0.870. The van der Waals surface area contributed by atoms with Crippen LogP contribution in [0.4, 0.5) is 14.5 Å². The average molecular weight is 269 g/mol.